The minimum absolute atomic E-state index is 0.572. The van der Waals surface area contributed by atoms with Crippen molar-refractivity contribution in [3.63, 3.8) is 0 Å². The summed E-state index contributed by atoms with van der Waals surface area (Å²) in [7, 11) is 1.90. The Morgan fingerprint density at radius 2 is 1.81 bits per heavy atom. The standard InChI is InChI=1S/C10H13N3S3/c1-13(8-6-4-3-5-7-8)9(14)11-12-10(15)16-2/h3-7H,1-2H3,(H,11,14)(H,12,15). The van der Waals surface area contributed by atoms with E-state index < -0.39 is 0 Å². The van der Waals surface area contributed by atoms with Crippen LogP contribution >= 0.6 is 36.2 Å². The summed E-state index contributed by atoms with van der Waals surface area (Å²) in [6.07, 6.45) is 1.90. The third-order valence-electron chi connectivity index (χ3n) is 1.91. The Bertz CT molecular complexity index is 367. The molecule has 0 aliphatic heterocycles. The molecule has 0 aromatic heterocycles. The van der Waals surface area contributed by atoms with Crippen LogP contribution in [0.15, 0.2) is 30.3 Å². The molecule has 1 rings (SSSR count). The Hall–Kier alpha value is -0.850. The van der Waals surface area contributed by atoms with Gasteiger partial charge in [-0.25, -0.2) is 0 Å². The van der Waals surface area contributed by atoms with Crippen LogP contribution in [0.5, 0.6) is 0 Å². The van der Waals surface area contributed by atoms with Crippen LogP contribution in [0, 0.1) is 0 Å². The number of para-hydroxylation sites is 1. The van der Waals surface area contributed by atoms with Crippen LogP contribution in [-0.4, -0.2) is 22.7 Å². The molecule has 2 N–H and O–H groups in total. The molecular formula is C10H13N3S3. The normalized spacial score (nSPS) is 9.38. The highest BCUT2D eigenvalue weighted by Crippen LogP contribution is 2.10. The molecule has 0 saturated heterocycles. The predicted molar refractivity (Wildman–Crippen MR) is 79.8 cm³/mol. The van der Waals surface area contributed by atoms with Gasteiger partial charge in [0.1, 0.15) is 0 Å². The molecule has 0 unspecified atom stereocenters. The van der Waals surface area contributed by atoms with Gasteiger partial charge in [-0.3, -0.25) is 10.9 Å². The fraction of sp³-hybridized carbons (Fsp3) is 0.200. The molecule has 0 heterocycles. The summed E-state index contributed by atoms with van der Waals surface area (Å²) in [6, 6.07) is 9.87. The zero-order chi connectivity index (χ0) is 12.0. The van der Waals surface area contributed by atoms with E-state index in [1.165, 1.54) is 11.8 Å². The van der Waals surface area contributed by atoms with Gasteiger partial charge in [0.2, 0.25) is 0 Å². The lowest BCUT2D eigenvalue weighted by atomic mass is 10.3. The Morgan fingerprint density at radius 1 is 1.19 bits per heavy atom. The SMILES string of the molecule is CSC(=S)NNC(=S)N(C)c1ccccc1. The van der Waals surface area contributed by atoms with Crippen molar-refractivity contribution >= 4 is 51.3 Å². The molecule has 0 bridgehead atoms. The van der Waals surface area contributed by atoms with Gasteiger partial charge < -0.3 is 4.90 Å². The lowest BCUT2D eigenvalue weighted by Gasteiger charge is -2.21. The second-order valence-corrected chi connectivity index (χ2v) is 4.81. The molecule has 16 heavy (non-hydrogen) atoms. The van der Waals surface area contributed by atoms with Gasteiger partial charge in [-0.05, 0) is 30.6 Å². The van der Waals surface area contributed by atoms with Crippen LogP contribution in [0.3, 0.4) is 0 Å². The number of nitrogens with zero attached hydrogens (tertiary/aromatic N) is 1. The highest BCUT2D eigenvalue weighted by Gasteiger charge is 2.05. The number of thioether (sulfide) groups is 1. The summed E-state index contributed by atoms with van der Waals surface area (Å²) in [5.74, 6) is 0. The Morgan fingerprint density at radius 3 is 2.38 bits per heavy atom. The zero-order valence-electron chi connectivity index (χ0n) is 9.06. The van der Waals surface area contributed by atoms with E-state index in [0.29, 0.717) is 9.43 Å². The fourth-order valence-electron chi connectivity index (χ4n) is 1.01. The van der Waals surface area contributed by atoms with Crippen molar-refractivity contribution < 1.29 is 0 Å². The molecule has 0 radical (unpaired) electrons. The zero-order valence-corrected chi connectivity index (χ0v) is 11.5. The fourth-order valence-corrected chi connectivity index (χ4v) is 1.37. The second kappa shape index (κ2) is 6.67. The van der Waals surface area contributed by atoms with Gasteiger partial charge in [-0.15, -0.1) is 0 Å². The number of nitrogens with one attached hydrogen (secondary N) is 2. The van der Waals surface area contributed by atoms with Crippen molar-refractivity contribution in [3.05, 3.63) is 30.3 Å². The van der Waals surface area contributed by atoms with Crippen molar-refractivity contribution in [3.8, 4) is 0 Å². The lowest BCUT2D eigenvalue weighted by molar-refractivity contribution is 0.881. The Kier molecular flexibility index (Phi) is 5.51. The van der Waals surface area contributed by atoms with E-state index in [-0.39, 0.29) is 0 Å². The molecule has 0 saturated carbocycles. The first-order chi connectivity index (χ1) is 7.65. The number of hydrazine groups is 1. The molecule has 0 amide bonds. The van der Waals surface area contributed by atoms with Crippen LogP contribution in [0.4, 0.5) is 5.69 Å². The summed E-state index contributed by atoms with van der Waals surface area (Å²) < 4.78 is 0.656. The van der Waals surface area contributed by atoms with E-state index >= 15 is 0 Å². The summed E-state index contributed by atoms with van der Waals surface area (Å²) in [6.45, 7) is 0. The van der Waals surface area contributed by atoms with Gasteiger partial charge in [0, 0.05) is 12.7 Å². The van der Waals surface area contributed by atoms with Gasteiger partial charge in [0.05, 0.1) is 0 Å². The molecule has 6 heteroatoms. The lowest BCUT2D eigenvalue weighted by Crippen LogP contribution is -2.46. The minimum atomic E-state index is 0.572. The van der Waals surface area contributed by atoms with E-state index in [1.807, 2.05) is 48.5 Å². The quantitative estimate of drug-likeness (QED) is 0.600. The van der Waals surface area contributed by atoms with Crippen LogP contribution in [0.1, 0.15) is 0 Å². The van der Waals surface area contributed by atoms with Crippen LogP contribution in [0.2, 0.25) is 0 Å². The van der Waals surface area contributed by atoms with Crippen molar-refractivity contribution in [2.24, 2.45) is 0 Å². The second-order valence-electron chi connectivity index (χ2n) is 2.94. The average molecular weight is 271 g/mol. The van der Waals surface area contributed by atoms with E-state index in [4.69, 9.17) is 24.4 Å². The molecule has 0 atom stereocenters. The monoisotopic (exact) mass is 271 g/mol. The van der Waals surface area contributed by atoms with Crippen LogP contribution < -0.4 is 15.8 Å². The number of benzene rings is 1. The average Bonchev–Trinajstić information content (AvgIpc) is 2.35. The summed E-state index contributed by atoms with van der Waals surface area (Å²) >= 11 is 11.7. The highest BCUT2D eigenvalue weighted by atomic mass is 32.2. The number of hydrogen-bond acceptors (Lipinski definition) is 3. The van der Waals surface area contributed by atoms with E-state index in [2.05, 4.69) is 10.9 Å². The van der Waals surface area contributed by atoms with Gasteiger partial charge in [0.15, 0.2) is 9.43 Å². The largest absolute Gasteiger partial charge is 0.321 e. The molecule has 86 valence electrons. The maximum atomic E-state index is 5.21. The molecule has 0 aliphatic carbocycles. The van der Waals surface area contributed by atoms with Crippen molar-refractivity contribution in [1.29, 1.82) is 0 Å². The molecule has 1 aromatic rings. The van der Waals surface area contributed by atoms with E-state index in [1.54, 1.807) is 0 Å². The Labute approximate surface area is 111 Å². The van der Waals surface area contributed by atoms with Crippen LogP contribution in [-0.2, 0) is 0 Å². The smallest absolute Gasteiger partial charge is 0.192 e. The number of thiocarbonyl (C=S) groups is 2. The molecule has 0 spiro atoms. The highest BCUT2D eigenvalue weighted by molar-refractivity contribution is 8.22. The van der Waals surface area contributed by atoms with E-state index in [0.717, 1.165) is 5.69 Å². The van der Waals surface area contributed by atoms with Crippen molar-refractivity contribution in [2.75, 3.05) is 18.2 Å². The molecule has 0 aliphatic rings. The maximum absolute atomic E-state index is 5.21. The number of rotatable bonds is 1. The maximum Gasteiger partial charge on any atom is 0.192 e. The van der Waals surface area contributed by atoms with Gasteiger partial charge in [-0.2, -0.15) is 0 Å². The summed E-state index contributed by atoms with van der Waals surface area (Å²) in [5, 5.41) is 0.572. The van der Waals surface area contributed by atoms with Gasteiger partial charge >= 0.3 is 0 Å². The predicted octanol–water partition coefficient (Wildman–Crippen LogP) is 2.15. The van der Waals surface area contributed by atoms with Crippen LogP contribution in [0.25, 0.3) is 0 Å². The minimum Gasteiger partial charge on any atom is -0.321 e. The first-order valence-electron chi connectivity index (χ1n) is 4.58. The number of hydrogen-bond donors (Lipinski definition) is 2. The molecular weight excluding hydrogens is 258 g/mol. The van der Waals surface area contributed by atoms with E-state index in [9.17, 15) is 0 Å². The van der Waals surface area contributed by atoms with Gasteiger partial charge in [0.25, 0.3) is 0 Å². The molecule has 1 aromatic carbocycles. The Balaban J connectivity index is 2.52. The first kappa shape index (κ1) is 13.2. The molecule has 0 fully saturated rings. The van der Waals surface area contributed by atoms with Gasteiger partial charge in [-0.1, -0.05) is 42.2 Å². The summed E-state index contributed by atoms with van der Waals surface area (Å²) in [4.78, 5) is 1.87. The third-order valence-corrected chi connectivity index (χ3v) is 3.36. The van der Waals surface area contributed by atoms with Crippen molar-refractivity contribution in [2.45, 2.75) is 0 Å². The molecule has 3 nitrogen and oxygen atoms in total. The topological polar surface area (TPSA) is 27.3 Å². The third kappa shape index (κ3) is 3.96. The summed E-state index contributed by atoms with van der Waals surface area (Å²) in [5.41, 5.74) is 6.75. The first-order valence-corrected chi connectivity index (χ1v) is 6.62. The number of anilines is 1. The van der Waals surface area contributed by atoms with Crippen molar-refractivity contribution in [1.82, 2.24) is 10.9 Å².